The Morgan fingerprint density at radius 3 is 2.52 bits per heavy atom. The molecular weight excluding hydrogens is 314 g/mol. The molecule has 0 saturated heterocycles. The molecule has 0 fully saturated rings. The lowest BCUT2D eigenvalue weighted by atomic mass is 10.1. The van der Waals surface area contributed by atoms with Crippen LogP contribution in [-0.2, 0) is 11.3 Å². The molecule has 0 saturated carbocycles. The third kappa shape index (κ3) is 6.47. The molecule has 0 unspecified atom stereocenters. The van der Waals surface area contributed by atoms with E-state index in [0.29, 0.717) is 25.7 Å². The fourth-order valence-corrected chi connectivity index (χ4v) is 2.28. The molecular formula is C20H27N3O2. The van der Waals surface area contributed by atoms with Crippen LogP contribution in [0.25, 0.3) is 0 Å². The Kier molecular flexibility index (Phi) is 7.29. The van der Waals surface area contributed by atoms with E-state index in [1.165, 1.54) is 11.1 Å². The van der Waals surface area contributed by atoms with Gasteiger partial charge in [0, 0.05) is 18.8 Å². The van der Waals surface area contributed by atoms with E-state index >= 15 is 0 Å². The summed E-state index contributed by atoms with van der Waals surface area (Å²) in [6, 6.07) is 14.0. The van der Waals surface area contributed by atoms with Crippen LogP contribution in [0, 0.1) is 13.8 Å². The molecule has 0 radical (unpaired) electrons. The lowest BCUT2D eigenvalue weighted by Crippen LogP contribution is -2.23. The predicted octanol–water partition coefficient (Wildman–Crippen LogP) is 3.65. The van der Waals surface area contributed by atoms with Gasteiger partial charge >= 0.3 is 0 Å². The van der Waals surface area contributed by atoms with Gasteiger partial charge in [0.2, 0.25) is 0 Å². The maximum Gasteiger partial charge on any atom is 0.193 e. The fourth-order valence-electron chi connectivity index (χ4n) is 2.28. The van der Waals surface area contributed by atoms with Crippen molar-refractivity contribution in [2.45, 2.75) is 26.9 Å². The van der Waals surface area contributed by atoms with Crippen molar-refractivity contribution in [3.05, 3.63) is 59.2 Å². The maximum absolute atomic E-state index is 5.91. The molecule has 0 aliphatic rings. The number of anilines is 1. The number of ether oxygens (including phenoxy) is 2. The minimum atomic E-state index is 0.429. The van der Waals surface area contributed by atoms with E-state index in [4.69, 9.17) is 15.2 Å². The molecule has 134 valence electrons. The van der Waals surface area contributed by atoms with Gasteiger partial charge in [-0.25, -0.2) is 0 Å². The van der Waals surface area contributed by atoms with Crippen molar-refractivity contribution in [2.75, 3.05) is 25.6 Å². The average Bonchev–Trinajstić information content (AvgIpc) is 2.61. The number of aliphatic imine (C=N–C) groups is 1. The van der Waals surface area contributed by atoms with Gasteiger partial charge < -0.3 is 20.5 Å². The first kappa shape index (κ1) is 18.8. The molecule has 0 heterocycles. The second-order valence-electron chi connectivity index (χ2n) is 5.95. The Hall–Kier alpha value is -2.53. The largest absolute Gasteiger partial charge is 0.497 e. The molecule has 25 heavy (non-hydrogen) atoms. The molecule has 0 aliphatic heterocycles. The van der Waals surface area contributed by atoms with Gasteiger partial charge in [-0.3, -0.25) is 4.99 Å². The molecule has 0 aromatic heterocycles. The molecule has 2 aromatic rings. The molecule has 5 nitrogen and oxygen atoms in total. The molecule has 0 amide bonds. The maximum atomic E-state index is 5.91. The Morgan fingerprint density at radius 2 is 1.84 bits per heavy atom. The van der Waals surface area contributed by atoms with E-state index in [1.54, 1.807) is 7.11 Å². The highest BCUT2D eigenvalue weighted by Crippen LogP contribution is 2.14. The van der Waals surface area contributed by atoms with Gasteiger partial charge in [-0.05, 0) is 61.2 Å². The number of nitrogens with one attached hydrogen (secondary N) is 1. The number of methoxy groups -OCH3 is 1. The second-order valence-corrected chi connectivity index (χ2v) is 5.95. The number of guanidine groups is 1. The third-order valence-corrected chi connectivity index (χ3v) is 3.94. The zero-order valence-electron chi connectivity index (χ0n) is 15.2. The van der Waals surface area contributed by atoms with Gasteiger partial charge in [0.05, 0.1) is 13.7 Å². The smallest absolute Gasteiger partial charge is 0.193 e. The summed E-state index contributed by atoms with van der Waals surface area (Å²) < 4.78 is 10.8. The van der Waals surface area contributed by atoms with Gasteiger partial charge in [0.25, 0.3) is 0 Å². The summed E-state index contributed by atoms with van der Waals surface area (Å²) in [5.41, 5.74) is 10.5. The first-order chi connectivity index (χ1) is 12.1. The summed E-state index contributed by atoms with van der Waals surface area (Å²) >= 11 is 0. The zero-order valence-corrected chi connectivity index (χ0v) is 15.2. The normalized spacial score (nSPS) is 11.4. The Morgan fingerprint density at radius 1 is 1.08 bits per heavy atom. The van der Waals surface area contributed by atoms with Crippen LogP contribution in [0.2, 0.25) is 0 Å². The summed E-state index contributed by atoms with van der Waals surface area (Å²) in [7, 11) is 1.66. The first-order valence-electron chi connectivity index (χ1n) is 8.43. The van der Waals surface area contributed by atoms with E-state index in [2.05, 4.69) is 36.3 Å². The predicted molar refractivity (Wildman–Crippen MR) is 103 cm³/mol. The monoisotopic (exact) mass is 341 g/mol. The van der Waals surface area contributed by atoms with Crippen molar-refractivity contribution >= 4 is 11.6 Å². The molecule has 2 aromatic carbocycles. The average molecular weight is 341 g/mol. The standard InChI is InChI=1S/C20H27N3O2/c1-15-5-8-18(13-16(15)2)23-20(21)22-11-4-12-25-14-17-6-9-19(24-3)10-7-17/h5-10,13H,4,11-12,14H2,1-3H3,(H3,21,22,23). The Labute approximate surface area is 149 Å². The topological polar surface area (TPSA) is 68.9 Å². The lowest BCUT2D eigenvalue weighted by Gasteiger charge is -2.08. The number of nitrogens with two attached hydrogens (primary N) is 1. The van der Waals surface area contributed by atoms with E-state index in [-0.39, 0.29) is 0 Å². The molecule has 5 heteroatoms. The Bertz CT molecular complexity index is 697. The van der Waals surface area contributed by atoms with Gasteiger partial charge in [0.15, 0.2) is 5.96 Å². The highest BCUT2D eigenvalue weighted by molar-refractivity contribution is 5.92. The highest BCUT2D eigenvalue weighted by atomic mass is 16.5. The van der Waals surface area contributed by atoms with Crippen LogP contribution >= 0.6 is 0 Å². The molecule has 0 atom stereocenters. The fraction of sp³-hybridized carbons (Fsp3) is 0.350. The summed E-state index contributed by atoms with van der Waals surface area (Å²) in [6.45, 7) is 6.03. The van der Waals surface area contributed by atoms with E-state index in [0.717, 1.165) is 23.4 Å². The van der Waals surface area contributed by atoms with Gasteiger partial charge in [-0.1, -0.05) is 18.2 Å². The van der Waals surface area contributed by atoms with E-state index in [1.807, 2.05) is 30.3 Å². The minimum absolute atomic E-state index is 0.429. The number of rotatable bonds is 8. The van der Waals surface area contributed by atoms with Crippen LogP contribution in [-0.4, -0.2) is 26.2 Å². The third-order valence-electron chi connectivity index (χ3n) is 3.94. The summed E-state index contributed by atoms with van der Waals surface area (Å²) in [5.74, 6) is 1.28. The molecule has 0 spiro atoms. The lowest BCUT2D eigenvalue weighted by molar-refractivity contribution is 0.120. The molecule has 2 rings (SSSR count). The van der Waals surface area contributed by atoms with Crippen LogP contribution in [0.1, 0.15) is 23.1 Å². The minimum Gasteiger partial charge on any atom is -0.497 e. The Balaban J connectivity index is 1.65. The quantitative estimate of drug-likeness (QED) is 0.437. The van der Waals surface area contributed by atoms with Crippen LogP contribution in [0.3, 0.4) is 0 Å². The van der Waals surface area contributed by atoms with Crippen molar-refractivity contribution in [2.24, 2.45) is 10.7 Å². The SMILES string of the molecule is COc1ccc(COCCCN=C(N)Nc2ccc(C)c(C)c2)cc1. The number of hydrogen-bond acceptors (Lipinski definition) is 3. The zero-order chi connectivity index (χ0) is 18.1. The van der Waals surface area contributed by atoms with E-state index < -0.39 is 0 Å². The highest BCUT2D eigenvalue weighted by Gasteiger charge is 1.98. The number of aryl methyl sites for hydroxylation is 2. The number of nitrogens with zero attached hydrogens (tertiary/aromatic N) is 1. The van der Waals surface area contributed by atoms with Gasteiger partial charge in [-0.15, -0.1) is 0 Å². The molecule has 3 N–H and O–H groups in total. The van der Waals surface area contributed by atoms with Gasteiger partial charge in [0.1, 0.15) is 5.75 Å². The number of hydrogen-bond donors (Lipinski definition) is 2. The summed E-state index contributed by atoms with van der Waals surface area (Å²) in [5, 5.41) is 3.11. The van der Waals surface area contributed by atoms with Crippen molar-refractivity contribution < 1.29 is 9.47 Å². The van der Waals surface area contributed by atoms with Crippen molar-refractivity contribution in [3.63, 3.8) is 0 Å². The van der Waals surface area contributed by atoms with Crippen LogP contribution in [0.4, 0.5) is 5.69 Å². The summed E-state index contributed by atoms with van der Waals surface area (Å²) in [6.07, 6.45) is 0.825. The van der Waals surface area contributed by atoms with Crippen molar-refractivity contribution in [3.8, 4) is 5.75 Å². The van der Waals surface area contributed by atoms with E-state index in [9.17, 15) is 0 Å². The second kappa shape index (κ2) is 9.69. The van der Waals surface area contributed by atoms with Crippen LogP contribution < -0.4 is 15.8 Å². The van der Waals surface area contributed by atoms with Gasteiger partial charge in [-0.2, -0.15) is 0 Å². The van der Waals surface area contributed by atoms with Crippen molar-refractivity contribution in [1.29, 1.82) is 0 Å². The molecule has 0 bridgehead atoms. The van der Waals surface area contributed by atoms with Crippen molar-refractivity contribution in [1.82, 2.24) is 0 Å². The summed E-state index contributed by atoms with van der Waals surface area (Å²) in [4.78, 5) is 4.33. The van der Waals surface area contributed by atoms with Crippen LogP contribution in [0.5, 0.6) is 5.75 Å². The first-order valence-corrected chi connectivity index (χ1v) is 8.43. The van der Waals surface area contributed by atoms with Crippen LogP contribution in [0.15, 0.2) is 47.5 Å². The number of benzene rings is 2. The molecule has 0 aliphatic carbocycles.